The average molecular weight is 495 g/mol. The summed E-state index contributed by atoms with van der Waals surface area (Å²) in [4.78, 5) is 17.4. The predicted octanol–water partition coefficient (Wildman–Crippen LogP) is 5.55. The highest BCUT2D eigenvalue weighted by molar-refractivity contribution is 8.00. The molecule has 0 unspecified atom stereocenters. The molecule has 2 aromatic heterocycles. The molecule has 1 aliphatic rings. The molecule has 3 heterocycles. The van der Waals surface area contributed by atoms with E-state index in [2.05, 4.69) is 36.7 Å². The van der Waals surface area contributed by atoms with E-state index < -0.39 is 5.92 Å². The van der Waals surface area contributed by atoms with Gasteiger partial charge in [0.15, 0.2) is 6.29 Å². The van der Waals surface area contributed by atoms with Gasteiger partial charge in [-0.1, -0.05) is 5.92 Å². The van der Waals surface area contributed by atoms with Crippen LogP contribution in [0.3, 0.4) is 0 Å². The molecule has 1 fully saturated rings. The molecule has 0 spiro atoms. The number of pyridine rings is 1. The summed E-state index contributed by atoms with van der Waals surface area (Å²) in [7, 11) is 1.87. The molecule has 0 bridgehead atoms. The second kappa shape index (κ2) is 11.0. The number of aldehydes is 1. The minimum Gasteiger partial charge on any atom is -0.306 e. The van der Waals surface area contributed by atoms with E-state index in [0.717, 1.165) is 28.7 Å². The average Bonchev–Trinajstić information content (AvgIpc) is 3.22. The molecule has 0 saturated carbocycles. The number of carbonyl (C=O) groups is 1. The largest absolute Gasteiger partial charge is 0.306 e. The van der Waals surface area contributed by atoms with Crippen LogP contribution in [-0.4, -0.2) is 57.8 Å². The van der Waals surface area contributed by atoms with Gasteiger partial charge in [0.1, 0.15) is 5.65 Å². The topological polar surface area (TPSA) is 61.9 Å². The lowest BCUT2D eigenvalue weighted by molar-refractivity contribution is -0.0504. The van der Waals surface area contributed by atoms with Gasteiger partial charge in [0.25, 0.3) is 5.92 Å². The quantitative estimate of drug-likeness (QED) is 0.353. The molecular weight excluding hydrogens is 466 g/mol. The molecule has 0 amide bonds. The van der Waals surface area contributed by atoms with Crippen molar-refractivity contribution in [2.24, 2.45) is 0 Å². The van der Waals surface area contributed by atoms with Gasteiger partial charge in [0, 0.05) is 48.8 Å². The smallest absolute Gasteiger partial charge is 0.250 e. The maximum Gasteiger partial charge on any atom is 0.250 e. The molecule has 0 N–H and O–H groups in total. The summed E-state index contributed by atoms with van der Waals surface area (Å²) < 4.78 is 26.5. The van der Waals surface area contributed by atoms with E-state index in [9.17, 15) is 13.6 Å². The van der Waals surface area contributed by atoms with E-state index in [4.69, 9.17) is 5.26 Å². The number of aromatic nitrogens is 2. The normalized spacial score (nSPS) is 15.3. The van der Waals surface area contributed by atoms with Crippen LogP contribution in [0, 0.1) is 23.2 Å². The van der Waals surface area contributed by atoms with Gasteiger partial charge >= 0.3 is 0 Å². The lowest BCUT2D eigenvalue weighted by atomic mass is 10.1. The van der Waals surface area contributed by atoms with Gasteiger partial charge in [-0.15, -0.1) is 11.8 Å². The Morgan fingerprint density at radius 3 is 2.37 bits per heavy atom. The maximum atomic E-state index is 12.4. The SMILES string of the molecule is CN1CCC(F)(F)CC1.CSC(C)(C)C#Cc1cc2cc(C=O)cnc2n1-c1ccc(C#N)cc1. The van der Waals surface area contributed by atoms with Crippen molar-refractivity contribution in [3.63, 3.8) is 0 Å². The predicted molar refractivity (Wildman–Crippen MR) is 137 cm³/mol. The highest BCUT2D eigenvalue weighted by Crippen LogP contribution is 2.27. The van der Waals surface area contributed by atoms with Crippen molar-refractivity contribution in [1.82, 2.24) is 14.5 Å². The van der Waals surface area contributed by atoms with Crippen LogP contribution in [0.1, 0.15) is 48.3 Å². The third kappa shape index (κ3) is 6.91. The number of nitriles is 1. The molecule has 5 nitrogen and oxygen atoms in total. The number of likely N-dealkylation sites (tertiary alicyclic amines) is 1. The molecule has 182 valence electrons. The Hall–Kier alpha value is -3.20. The van der Waals surface area contributed by atoms with Crippen LogP contribution in [0.5, 0.6) is 0 Å². The number of carbonyl (C=O) groups excluding carboxylic acids is 1. The van der Waals surface area contributed by atoms with Gasteiger partial charge in [-0.25, -0.2) is 13.8 Å². The first-order valence-corrected chi connectivity index (χ1v) is 12.4. The van der Waals surface area contributed by atoms with Crippen molar-refractivity contribution in [2.45, 2.75) is 37.4 Å². The van der Waals surface area contributed by atoms with E-state index in [1.807, 2.05) is 41.0 Å². The zero-order valence-electron chi connectivity index (χ0n) is 20.3. The van der Waals surface area contributed by atoms with E-state index >= 15 is 0 Å². The molecule has 1 aliphatic heterocycles. The molecule has 1 saturated heterocycles. The van der Waals surface area contributed by atoms with Gasteiger partial charge < -0.3 is 4.90 Å². The molecule has 0 atom stereocenters. The van der Waals surface area contributed by atoms with Crippen LogP contribution in [-0.2, 0) is 0 Å². The van der Waals surface area contributed by atoms with Crippen molar-refractivity contribution in [3.05, 3.63) is 59.4 Å². The summed E-state index contributed by atoms with van der Waals surface area (Å²) in [5.74, 6) is 4.16. The number of nitrogens with zero attached hydrogens (tertiary/aromatic N) is 4. The first kappa shape index (κ1) is 26.4. The van der Waals surface area contributed by atoms with E-state index in [-0.39, 0.29) is 17.6 Å². The Balaban J connectivity index is 0.000000320. The lowest BCUT2D eigenvalue weighted by Crippen LogP contribution is -2.36. The Morgan fingerprint density at radius 2 is 1.83 bits per heavy atom. The lowest BCUT2D eigenvalue weighted by Gasteiger charge is -2.28. The molecule has 3 aromatic rings. The van der Waals surface area contributed by atoms with Crippen LogP contribution < -0.4 is 0 Å². The van der Waals surface area contributed by atoms with Gasteiger partial charge in [-0.3, -0.25) is 9.36 Å². The van der Waals surface area contributed by atoms with Crippen molar-refractivity contribution in [2.75, 3.05) is 26.4 Å². The third-order valence-electron chi connectivity index (χ3n) is 5.77. The first-order valence-electron chi connectivity index (χ1n) is 11.2. The number of piperidine rings is 1. The summed E-state index contributed by atoms with van der Waals surface area (Å²) in [6.07, 6.45) is 4.43. The number of halogens is 2. The number of alkyl halides is 2. The standard InChI is InChI=1S/C21H17N3OS.C6H11F2N/c1-21(2,26-3)9-8-19-11-17-10-16(14-25)13-23-20(17)24(19)18-6-4-15(12-22)5-7-18;1-9-4-2-6(7,8)3-5-9/h4-7,10-11,13-14H,1-3H3;2-5H2,1H3. The summed E-state index contributed by atoms with van der Waals surface area (Å²) in [5.41, 5.74) is 3.52. The van der Waals surface area contributed by atoms with Crippen molar-refractivity contribution in [1.29, 1.82) is 5.26 Å². The summed E-state index contributed by atoms with van der Waals surface area (Å²) in [6, 6.07) is 13.2. The molecule has 8 heteroatoms. The minimum absolute atomic E-state index is 0.0312. The minimum atomic E-state index is -2.38. The fraction of sp³-hybridized carbons (Fsp3) is 0.370. The highest BCUT2D eigenvalue weighted by Gasteiger charge is 2.32. The number of hydrogen-bond donors (Lipinski definition) is 0. The Morgan fingerprint density at radius 1 is 1.17 bits per heavy atom. The van der Waals surface area contributed by atoms with E-state index in [1.54, 1.807) is 36.2 Å². The molecular formula is C27H28F2N4OS. The monoisotopic (exact) mass is 494 g/mol. The molecule has 0 aliphatic carbocycles. The molecule has 35 heavy (non-hydrogen) atoms. The van der Waals surface area contributed by atoms with Gasteiger partial charge in [-0.2, -0.15) is 5.26 Å². The van der Waals surface area contributed by atoms with Crippen LogP contribution in [0.15, 0.2) is 42.6 Å². The van der Waals surface area contributed by atoms with Crippen LogP contribution >= 0.6 is 11.8 Å². The molecule has 1 aromatic carbocycles. The highest BCUT2D eigenvalue weighted by atomic mass is 32.2. The number of thioether (sulfide) groups is 1. The Labute approximate surface area is 209 Å². The van der Waals surface area contributed by atoms with Gasteiger partial charge in [0.05, 0.1) is 22.1 Å². The Bertz CT molecular complexity index is 1290. The first-order chi connectivity index (χ1) is 16.6. The van der Waals surface area contributed by atoms with E-state index in [0.29, 0.717) is 24.2 Å². The molecule has 4 rings (SSSR count). The third-order valence-corrected chi connectivity index (χ3v) is 6.90. The molecule has 0 radical (unpaired) electrons. The zero-order chi connectivity index (χ0) is 25.6. The second-order valence-electron chi connectivity index (χ2n) is 8.95. The van der Waals surface area contributed by atoms with Crippen LogP contribution in [0.2, 0.25) is 0 Å². The zero-order valence-corrected chi connectivity index (χ0v) is 21.1. The summed E-state index contributed by atoms with van der Waals surface area (Å²) in [5, 5.41) is 9.87. The second-order valence-corrected chi connectivity index (χ2v) is 10.4. The summed E-state index contributed by atoms with van der Waals surface area (Å²) >= 11 is 1.69. The number of fused-ring (bicyclic) bond motifs is 1. The fourth-order valence-corrected chi connectivity index (χ4v) is 3.58. The van der Waals surface area contributed by atoms with Crippen molar-refractivity contribution in [3.8, 4) is 23.6 Å². The van der Waals surface area contributed by atoms with E-state index in [1.165, 1.54) is 0 Å². The van der Waals surface area contributed by atoms with Crippen LogP contribution in [0.4, 0.5) is 8.78 Å². The van der Waals surface area contributed by atoms with Gasteiger partial charge in [0.2, 0.25) is 0 Å². The van der Waals surface area contributed by atoms with Gasteiger partial charge in [-0.05, 0) is 69.5 Å². The summed E-state index contributed by atoms with van der Waals surface area (Å²) in [6.45, 7) is 5.21. The van der Waals surface area contributed by atoms with Crippen molar-refractivity contribution < 1.29 is 13.6 Å². The number of hydrogen-bond acceptors (Lipinski definition) is 5. The van der Waals surface area contributed by atoms with Crippen LogP contribution in [0.25, 0.3) is 16.7 Å². The van der Waals surface area contributed by atoms with Crippen molar-refractivity contribution >= 4 is 29.1 Å². The fourth-order valence-electron chi connectivity index (χ4n) is 3.42. The Kier molecular flexibility index (Phi) is 8.32. The number of benzene rings is 1. The maximum absolute atomic E-state index is 12.4. The number of rotatable bonds is 3.